The number of benzene rings is 1. The second kappa shape index (κ2) is 6.67. The molecule has 1 N–H and O–H groups in total. The molecule has 0 aliphatic carbocycles. The minimum Gasteiger partial charge on any atom is -0.463 e. The van der Waals surface area contributed by atoms with Gasteiger partial charge in [0.25, 0.3) is 0 Å². The summed E-state index contributed by atoms with van der Waals surface area (Å²) in [5.41, 5.74) is 2.91. The minimum absolute atomic E-state index is 0.285. The number of aryl methyl sites for hydroxylation is 1. The fraction of sp³-hybridized carbons (Fsp3) is 0.278. The van der Waals surface area contributed by atoms with Gasteiger partial charge in [-0.15, -0.1) is 0 Å². The van der Waals surface area contributed by atoms with Gasteiger partial charge in [-0.05, 0) is 37.3 Å². The first-order valence-electron chi connectivity index (χ1n) is 8.63. The van der Waals surface area contributed by atoms with Crippen molar-refractivity contribution >= 4 is 11.9 Å². The average Bonchev–Trinajstić information content (AvgIpc) is 3.29. The number of carbonyl (C=O) groups is 1. The Bertz CT molecular complexity index is 1030. The zero-order valence-corrected chi connectivity index (χ0v) is 15.2. The van der Waals surface area contributed by atoms with Crippen LogP contribution in [0.5, 0.6) is 0 Å². The molecule has 0 fully saturated rings. The number of nitrogens with zero attached hydrogens (tertiary/aromatic N) is 6. The molecule has 0 saturated carbocycles. The van der Waals surface area contributed by atoms with Gasteiger partial charge in [0.1, 0.15) is 11.9 Å². The molecule has 3 heterocycles. The highest BCUT2D eigenvalue weighted by Gasteiger charge is 2.36. The Morgan fingerprint density at radius 3 is 2.85 bits per heavy atom. The summed E-state index contributed by atoms with van der Waals surface area (Å²) in [5, 5.41) is 15.0. The number of esters is 1. The number of ether oxygens (including phenoxy) is 1. The van der Waals surface area contributed by atoms with Crippen molar-refractivity contribution in [3.8, 4) is 5.69 Å². The van der Waals surface area contributed by atoms with Gasteiger partial charge >= 0.3 is 5.97 Å². The Hall–Kier alpha value is -3.49. The van der Waals surface area contributed by atoms with E-state index in [0.717, 1.165) is 17.1 Å². The van der Waals surface area contributed by atoms with Crippen LogP contribution in [0, 0.1) is 6.92 Å². The zero-order valence-electron chi connectivity index (χ0n) is 15.2. The number of para-hydroxylation sites is 1. The molecule has 1 aliphatic rings. The maximum Gasteiger partial charge on any atom is 0.338 e. The molecule has 27 heavy (non-hydrogen) atoms. The van der Waals surface area contributed by atoms with Crippen molar-refractivity contribution in [1.82, 2.24) is 29.8 Å². The molecule has 1 unspecified atom stereocenters. The van der Waals surface area contributed by atoms with Crippen LogP contribution in [-0.2, 0) is 9.53 Å². The van der Waals surface area contributed by atoms with Crippen LogP contribution in [0.3, 0.4) is 0 Å². The number of aromatic nitrogens is 6. The lowest BCUT2D eigenvalue weighted by atomic mass is 9.94. The van der Waals surface area contributed by atoms with Gasteiger partial charge in [0.15, 0.2) is 0 Å². The van der Waals surface area contributed by atoms with Crippen molar-refractivity contribution in [3.63, 3.8) is 0 Å². The van der Waals surface area contributed by atoms with E-state index in [9.17, 15) is 4.79 Å². The van der Waals surface area contributed by atoms with Gasteiger partial charge in [-0.3, -0.25) is 0 Å². The molecule has 1 aliphatic heterocycles. The summed E-state index contributed by atoms with van der Waals surface area (Å²) in [6, 6.07) is 7.29. The fourth-order valence-corrected chi connectivity index (χ4v) is 3.34. The number of carbonyl (C=O) groups excluding carboxylic acids is 1. The Kier molecular flexibility index (Phi) is 4.19. The highest BCUT2D eigenvalue weighted by molar-refractivity contribution is 5.92. The molecule has 0 amide bonds. The molecule has 9 nitrogen and oxygen atoms in total. The molecule has 4 rings (SSSR count). The second-order valence-corrected chi connectivity index (χ2v) is 6.14. The largest absolute Gasteiger partial charge is 0.463 e. The number of hydrogen-bond donors (Lipinski definition) is 1. The van der Waals surface area contributed by atoms with Crippen LogP contribution >= 0.6 is 0 Å². The average molecular weight is 365 g/mol. The van der Waals surface area contributed by atoms with Crippen molar-refractivity contribution in [2.24, 2.45) is 0 Å². The molecule has 138 valence electrons. The molecule has 0 radical (unpaired) electrons. The third-order valence-corrected chi connectivity index (χ3v) is 4.53. The molecule has 3 aromatic rings. The zero-order chi connectivity index (χ0) is 19.0. The lowest BCUT2D eigenvalue weighted by Crippen LogP contribution is -2.30. The molecular formula is C18H19N7O2. The van der Waals surface area contributed by atoms with Gasteiger partial charge < -0.3 is 14.6 Å². The number of nitrogens with one attached hydrogen (secondary N) is 1. The number of imidazole rings is 1. The summed E-state index contributed by atoms with van der Waals surface area (Å²) in [4.78, 5) is 17.1. The van der Waals surface area contributed by atoms with Gasteiger partial charge in [0.2, 0.25) is 5.95 Å². The van der Waals surface area contributed by atoms with Crippen LogP contribution < -0.4 is 5.32 Å². The van der Waals surface area contributed by atoms with E-state index in [0.29, 0.717) is 17.2 Å². The molecule has 1 aromatic carbocycles. The number of allylic oxidation sites excluding steroid dienone is 1. The molecule has 1 atom stereocenters. The summed E-state index contributed by atoms with van der Waals surface area (Å²) in [7, 11) is 0. The van der Waals surface area contributed by atoms with Crippen LogP contribution in [0.25, 0.3) is 5.69 Å². The van der Waals surface area contributed by atoms with E-state index in [4.69, 9.17) is 4.74 Å². The van der Waals surface area contributed by atoms with E-state index in [-0.39, 0.29) is 6.61 Å². The minimum atomic E-state index is -0.520. The third kappa shape index (κ3) is 2.77. The Labute approximate surface area is 155 Å². The maximum atomic E-state index is 12.8. The second-order valence-electron chi connectivity index (χ2n) is 6.14. The summed E-state index contributed by atoms with van der Waals surface area (Å²) >= 11 is 0. The van der Waals surface area contributed by atoms with Crippen molar-refractivity contribution in [3.05, 3.63) is 59.3 Å². The fourth-order valence-electron chi connectivity index (χ4n) is 3.34. The SMILES string of the molecule is CCOC(=O)C1=C(C)Nc2nnnn2C1c1ccccc1-n1ccnc1C. The topological polar surface area (TPSA) is 99.8 Å². The lowest BCUT2D eigenvalue weighted by molar-refractivity contribution is -0.139. The summed E-state index contributed by atoms with van der Waals surface area (Å²) in [5.74, 6) is 0.917. The van der Waals surface area contributed by atoms with Gasteiger partial charge in [0.05, 0.1) is 17.9 Å². The number of hydrogen-bond acceptors (Lipinski definition) is 7. The first-order valence-corrected chi connectivity index (χ1v) is 8.63. The van der Waals surface area contributed by atoms with E-state index in [2.05, 4.69) is 25.8 Å². The first-order chi connectivity index (χ1) is 13.1. The predicted octanol–water partition coefficient (Wildman–Crippen LogP) is 2.02. The van der Waals surface area contributed by atoms with Crippen molar-refractivity contribution in [2.75, 3.05) is 11.9 Å². The van der Waals surface area contributed by atoms with E-state index in [1.165, 1.54) is 0 Å². The monoisotopic (exact) mass is 365 g/mol. The molecule has 0 spiro atoms. The van der Waals surface area contributed by atoms with Crippen LogP contribution in [-0.4, -0.2) is 42.3 Å². The van der Waals surface area contributed by atoms with E-state index >= 15 is 0 Å². The number of anilines is 1. The normalized spacial score (nSPS) is 16.0. The van der Waals surface area contributed by atoms with Gasteiger partial charge in [-0.1, -0.05) is 23.3 Å². The van der Waals surface area contributed by atoms with E-state index < -0.39 is 12.0 Å². The summed E-state index contributed by atoms with van der Waals surface area (Å²) in [6.45, 7) is 5.81. The molecule has 0 bridgehead atoms. The molecule has 2 aromatic heterocycles. The van der Waals surface area contributed by atoms with Gasteiger partial charge in [-0.2, -0.15) is 4.68 Å². The molecular weight excluding hydrogens is 346 g/mol. The standard InChI is InChI=1S/C18H19N7O2/c1-4-27-17(26)15-11(2)20-18-21-22-23-25(18)16(15)13-7-5-6-8-14(13)24-10-9-19-12(24)3/h5-10,16H,4H2,1-3H3,(H,20,21,23). The van der Waals surface area contributed by atoms with Crippen LogP contribution in [0.15, 0.2) is 47.9 Å². The van der Waals surface area contributed by atoms with Crippen LogP contribution in [0.4, 0.5) is 5.95 Å². The van der Waals surface area contributed by atoms with Gasteiger partial charge in [0, 0.05) is 23.7 Å². The smallest absolute Gasteiger partial charge is 0.338 e. The first kappa shape index (κ1) is 17.0. The highest BCUT2D eigenvalue weighted by Crippen LogP contribution is 2.37. The van der Waals surface area contributed by atoms with Crippen LogP contribution in [0.2, 0.25) is 0 Å². The van der Waals surface area contributed by atoms with E-state index in [1.54, 1.807) is 17.8 Å². The number of fused-ring (bicyclic) bond motifs is 1. The Morgan fingerprint density at radius 2 is 2.11 bits per heavy atom. The molecule has 9 heteroatoms. The lowest BCUT2D eigenvalue weighted by Gasteiger charge is -2.28. The van der Waals surface area contributed by atoms with Crippen molar-refractivity contribution in [1.29, 1.82) is 0 Å². The Balaban J connectivity index is 1.94. The molecule has 0 saturated heterocycles. The summed E-state index contributed by atoms with van der Waals surface area (Å²) < 4.78 is 8.88. The summed E-state index contributed by atoms with van der Waals surface area (Å²) in [6.07, 6.45) is 3.63. The number of rotatable bonds is 4. The van der Waals surface area contributed by atoms with E-state index in [1.807, 2.05) is 48.9 Å². The third-order valence-electron chi connectivity index (χ3n) is 4.53. The predicted molar refractivity (Wildman–Crippen MR) is 97.2 cm³/mol. The van der Waals surface area contributed by atoms with Crippen molar-refractivity contribution in [2.45, 2.75) is 26.8 Å². The van der Waals surface area contributed by atoms with Crippen molar-refractivity contribution < 1.29 is 9.53 Å². The highest BCUT2D eigenvalue weighted by atomic mass is 16.5. The van der Waals surface area contributed by atoms with Gasteiger partial charge in [-0.25, -0.2) is 9.78 Å². The maximum absolute atomic E-state index is 12.8. The quantitative estimate of drug-likeness (QED) is 0.706. The van der Waals surface area contributed by atoms with Crippen LogP contribution in [0.1, 0.15) is 31.3 Å². The number of tetrazole rings is 1. The Morgan fingerprint density at radius 1 is 1.30 bits per heavy atom.